The minimum Gasteiger partial charge on any atom is -0.477 e. The van der Waals surface area contributed by atoms with Gasteiger partial charge < -0.3 is 14.6 Å². The molecule has 1 aliphatic heterocycles. The van der Waals surface area contributed by atoms with E-state index in [1.54, 1.807) is 0 Å². The highest BCUT2D eigenvalue weighted by molar-refractivity contribution is 5.87. The smallest absolute Gasteiger partial charge is 0.341 e. The molecule has 1 aliphatic rings. The Balaban J connectivity index is 2.26. The number of carboxylic acid groups (broad SMARTS) is 1. The number of aryl methyl sites for hydroxylation is 1. The Morgan fingerprint density at radius 3 is 2.84 bits per heavy atom. The summed E-state index contributed by atoms with van der Waals surface area (Å²) in [6, 6.07) is 1.82. The number of carbonyl (C=O) groups is 1. The van der Waals surface area contributed by atoms with Crippen molar-refractivity contribution in [1.82, 2.24) is 9.47 Å². The van der Waals surface area contributed by atoms with Crippen LogP contribution in [0, 0.1) is 6.92 Å². The molecule has 0 bridgehead atoms. The van der Waals surface area contributed by atoms with Gasteiger partial charge in [0.25, 0.3) is 0 Å². The predicted octanol–water partition coefficient (Wildman–Crippen LogP) is 1.34. The van der Waals surface area contributed by atoms with Gasteiger partial charge in [0.1, 0.15) is 5.56 Å². The molecule has 1 N–H and O–H groups in total. The molecule has 5 heteroatoms. The third-order valence-electron chi connectivity index (χ3n) is 3.90. The first-order valence-corrected chi connectivity index (χ1v) is 6.63. The fourth-order valence-corrected chi connectivity index (χ4v) is 2.63. The van der Waals surface area contributed by atoms with Crippen molar-refractivity contribution in [3.05, 3.63) is 33.7 Å². The maximum absolute atomic E-state index is 11.6. The highest BCUT2D eigenvalue weighted by atomic mass is 16.4. The van der Waals surface area contributed by atoms with E-state index in [4.69, 9.17) is 5.11 Å². The van der Waals surface area contributed by atoms with Crippen LogP contribution in [0.2, 0.25) is 0 Å². The van der Waals surface area contributed by atoms with Crippen LogP contribution in [-0.2, 0) is 6.54 Å². The minimum absolute atomic E-state index is 0.149. The summed E-state index contributed by atoms with van der Waals surface area (Å²) in [5.41, 5.74) is 0.247. The molecule has 1 aromatic heterocycles. The second-order valence-corrected chi connectivity index (χ2v) is 5.28. The zero-order valence-corrected chi connectivity index (χ0v) is 11.4. The molecule has 0 radical (unpaired) electrons. The molecule has 1 fully saturated rings. The van der Waals surface area contributed by atoms with Crippen LogP contribution in [0.3, 0.4) is 0 Å². The van der Waals surface area contributed by atoms with E-state index >= 15 is 0 Å². The van der Waals surface area contributed by atoms with Gasteiger partial charge in [0.2, 0.25) is 0 Å². The number of piperidine rings is 1. The molecule has 1 unspecified atom stereocenters. The lowest BCUT2D eigenvalue weighted by atomic mass is 10.0. The van der Waals surface area contributed by atoms with Crippen LogP contribution in [0.15, 0.2) is 17.1 Å². The molecule has 1 atom stereocenters. The van der Waals surface area contributed by atoms with Crippen LogP contribution < -0.4 is 5.43 Å². The van der Waals surface area contributed by atoms with Gasteiger partial charge in [-0.1, -0.05) is 6.42 Å². The lowest BCUT2D eigenvalue weighted by Crippen LogP contribution is -2.39. The van der Waals surface area contributed by atoms with Crippen molar-refractivity contribution in [3.8, 4) is 0 Å². The summed E-state index contributed by atoms with van der Waals surface area (Å²) >= 11 is 0. The molecule has 0 aliphatic carbocycles. The molecule has 2 heterocycles. The van der Waals surface area contributed by atoms with Crippen LogP contribution in [0.25, 0.3) is 0 Å². The van der Waals surface area contributed by atoms with Crippen molar-refractivity contribution in [2.75, 3.05) is 13.6 Å². The molecule has 1 aromatic rings. The number of pyridine rings is 1. The topological polar surface area (TPSA) is 62.5 Å². The SMILES string of the molecule is Cc1cc(=O)c(C(=O)O)cn1CC1CCCCN1C. The lowest BCUT2D eigenvalue weighted by Gasteiger charge is -2.33. The van der Waals surface area contributed by atoms with Crippen molar-refractivity contribution in [3.63, 3.8) is 0 Å². The van der Waals surface area contributed by atoms with Crippen molar-refractivity contribution in [2.24, 2.45) is 0 Å². The van der Waals surface area contributed by atoms with Crippen LogP contribution in [-0.4, -0.2) is 40.2 Å². The first-order valence-electron chi connectivity index (χ1n) is 6.63. The summed E-state index contributed by atoms with van der Waals surface area (Å²) in [6.45, 7) is 3.66. The standard InChI is InChI=1S/C14H20N2O3/c1-10-7-13(17)12(14(18)19)9-16(10)8-11-5-3-4-6-15(11)2/h7,9,11H,3-6,8H2,1-2H3,(H,18,19). The van der Waals surface area contributed by atoms with Crippen LogP contribution in [0.1, 0.15) is 35.3 Å². The zero-order valence-electron chi connectivity index (χ0n) is 11.4. The molecule has 19 heavy (non-hydrogen) atoms. The molecular weight excluding hydrogens is 244 g/mol. The summed E-state index contributed by atoms with van der Waals surface area (Å²) in [7, 11) is 2.10. The number of carboxylic acids is 1. The van der Waals surface area contributed by atoms with Gasteiger partial charge in [-0.15, -0.1) is 0 Å². The summed E-state index contributed by atoms with van der Waals surface area (Å²) in [5, 5.41) is 9.02. The molecular formula is C14H20N2O3. The van der Waals surface area contributed by atoms with Gasteiger partial charge in [0, 0.05) is 30.5 Å². The van der Waals surface area contributed by atoms with Gasteiger partial charge in [-0.25, -0.2) is 4.79 Å². The Kier molecular flexibility index (Phi) is 4.04. The zero-order chi connectivity index (χ0) is 14.0. The first kappa shape index (κ1) is 13.8. The largest absolute Gasteiger partial charge is 0.477 e. The van der Waals surface area contributed by atoms with Crippen LogP contribution in [0.5, 0.6) is 0 Å². The number of rotatable bonds is 3. The van der Waals surface area contributed by atoms with Gasteiger partial charge in [0.05, 0.1) is 0 Å². The maximum Gasteiger partial charge on any atom is 0.341 e. The number of aromatic nitrogens is 1. The second-order valence-electron chi connectivity index (χ2n) is 5.28. The maximum atomic E-state index is 11.6. The van der Waals surface area contributed by atoms with E-state index in [0.29, 0.717) is 6.04 Å². The summed E-state index contributed by atoms with van der Waals surface area (Å²) in [4.78, 5) is 24.9. The second kappa shape index (κ2) is 5.57. The van der Waals surface area contributed by atoms with E-state index in [2.05, 4.69) is 11.9 Å². The molecule has 0 spiro atoms. The Morgan fingerprint density at radius 1 is 1.47 bits per heavy atom. The van der Waals surface area contributed by atoms with E-state index in [-0.39, 0.29) is 5.56 Å². The predicted molar refractivity (Wildman–Crippen MR) is 72.7 cm³/mol. The van der Waals surface area contributed by atoms with Gasteiger partial charge in [-0.3, -0.25) is 4.79 Å². The van der Waals surface area contributed by atoms with Crippen molar-refractivity contribution >= 4 is 5.97 Å². The molecule has 0 saturated carbocycles. The Hall–Kier alpha value is -1.62. The molecule has 2 rings (SSSR count). The van der Waals surface area contributed by atoms with Crippen molar-refractivity contribution in [2.45, 2.75) is 38.8 Å². The third kappa shape index (κ3) is 3.04. The van der Waals surface area contributed by atoms with Gasteiger partial charge >= 0.3 is 5.97 Å². The Morgan fingerprint density at radius 2 is 2.21 bits per heavy atom. The van der Waals surface area contributed by atoms with E-state index in [9.17, 15) is 9.59 Å². The highest BCUT2D eigenvalue weighted by Gasteiger charge is 2.20. The van der Waals surface area contributed by atoms with E-state index in [1.165, 1.54) is 25.1 Å². The van der Waals surface area contributed by atoms with Gasteiger partial charge in [-0.05, 0) is 33.4 Å². The molecule has 0 amide bonds. The van der Waals surface area contributed by atoms with Gasteiger partial charge in [0.15, 0.2) is 5.43 Å². The van der Waals surface area contributed by atoms with E-state index in [1.807, 2.05) is 11.5 Å². The van der Waals surface area contributed by atoms with E-state index < -0.39 is 11.4 Å². The Labute approximate surface area is 112 Å². The molecule has 5 nitrogen and oxygen atoms in total. The minimum atomic E-state index is -1.16. The number of aromatic carboxylic acids is 1. The average Bonchev–Trinajstić information content (AvgIpc) is 2.34. The normalized spacial score (nSPS) is 20.4. The van der Waals surface area contributed by atoms with Crippen molar-refractivity contribution < 1.29 is 9.90 Å². The summed E-state index contributed by atoms with van der Waals surface area (Å²) in [6.07, 6.45) is 5.02. The fraction of sp³-hybridized carbons (Fsp3) is 0.571. The fourth-order valence-electron chi connectivity index (χ4n) is 2.63. The molecule has 0 aromatic carbocycles. The number of nitrogens with zero attached hydrogens (tertiary/aromatic N) is 2. The quantitative estimate of drug-likeness (QED) is 0.895. The van der Waals surface area contributed by atoms with Crippen LogP contribution in [0.4, 0.5) is 0 Å². The number of hydrogen-bond donors (Lipinski definition) is 1. The Bertz CT molecular complexity index is 536. The molecule has 1 saturated heterocycles. The summed E-state index contributed by atoms with van der Waals surface area (Å²) in [5.74, 6) is -1.16. The lowest BCUT2D eigenvalue weighted by molar-refractivity contribution is 0.0694. The number of hydrogen-bond acceptors (Lipinski definition) is 3. The van der Waals surface area contributed by atoms with E-state index in [0.717, 1.165) is 25.2 Å². The average molecular weight is 264 g/mol. The number of likely N-dealkylation sites (tertiary alicyclic amines) is 1. The van der Waals surface area contributed by atoms with Gasteiger partial charge in [-0.2, -0.15) is 0 Å². The molecule has 104 valence electrons. The third-order valence-corrected chi connectivity index (χ3v) is 3.90. The van der Waals surface area contributed by atoms with Crippen molar-refractivity contribution in [1.29, 1.82) is 0 Å². The number of likely N-dealkylation sites (N-methyl/N-ethyl adjacent to an activating group) is 1. The summed E-state index contributed by atoms with van der Waals surface area (Å²) < 4.78 is 1.89. The highest BCUT2D eigenvalue weighted by Crippen LogP contribution is 2.17. The van der Waals surface area contributed by atoms with Crippen LogP contribution >= 0.6 is 0 Å². The monoisotopic (exact) mass is 264 g/mol. The first-order chi connectivity index (χ1) is 8.99.